The number of ether oxygens (including phenoxy) is 1. The number of nitrogens with two attached hydrogens (primary N) is 1. The molecule has 0 saturated carbocycles. The number of nitrogen functional groups attached to an aromatic ring is 1. The lowest BCUT2D eigenvalue weighted by Crippen LogP contribution is -1.92. The molecule has 90 valence electrons. The minimum atomic E-state index is -0.0489. The van der Waals surface area contributed by atoms with Crippen LogP contribution in [0.25, 0.3) is 0 Å². The van der Waals surface area contributed by atoms with Crippen LogP contribution in [0.3, 0.4) is 0 Å². The highest BCUT2D eigenvalue weighted by atomic mass is 35.5. The van der Waals surface area contributed by atoms with Gasteiger partial charge in [-0.1, -0.05) is 17.7 Å². The van der Waals surface area contributed by atoms with Crippen LogP contribution in [0.1, 0.15) is 5.56 Å². The van der Waals surface area contributed by atoms with Gasteiger partial charge in [-0.15, -0.1) is 0 Å². The van der Waals surface area contributed by atoms with E-state index < -0.39 is 0 Å². The number of halogens is 1. The van der Waals surface area contributed by atoms with Gasteiger partial charge in [0.15, 0.2) is 5.75 Å². The zero-order chi connectivity index (χ0) is 13.1. The number of phenols is 1. The molecule has 0 fully saturated rings. The molecule has 0 bridgehead atoms. The van der Waals surface area contributed by atoms with E-state index in [9.17, 15) is 5.11 Å². The van der Waals surface area contributed by atoms with Crippen LogP contribution in [0, 0.1) is 11.3 Å². The maximum Gasteiger partial charge on any atom is 0.154 e. The Kier molecular flexibility index (Phi) is 3.26. The van der Waals surface area contributed by atoms with Gasteiger partial charge in [0.25, 0.3) is 0 Å². The van der Waals surface area contributed by atoms with Crippen molar-refractivity contribution in [1.82, 2.24) is 0 Å². The predicted molar refractivity (Wildman–Crippen MR) is 68.8 cm³/mol. The Labute approximate surface area is 109 Å². The standard InChI is InChI=1S/C13H9ClN2O2/c14-10-6-9(5-4-8(10)7-15)18-12-3-1-2-11(17)13(12)16/h1-6,17H,16H2. The first-order valence-electron chi connectivity index (χ1n) is 5.07. The lowest BCUT2D eigenvalue weighted by Gasteiger charge is -2.09. The van der Waals surface area contributed by atoms with Crippen LogP contribution in [0.2, 0.25) is 5.02 Å². The Hall–Kier alpha value is -2.38. The number of nitriles is 1. The summed E-state index contributed by atoms with van der Waals surface area (Å²) in [5.74, 6) is 0.722. The molecule has 0 aliphatic carbocycles. The molecule has 0 amide bonds. The molecule has 0 saturated heterocycles. The summed E-state index contributed by atoms with van der Waals surface area (Å²) in [5.41, 5.74) is 6.18. The maximum absolute atomic E-state index is 9.44. The molecular formula is C13H9ClN2O2. The first kappa shape index (κ1) is 12.1. The highest BCUT2D eigenvalue weighted by molar-refractivity contribution is 6.31. The normalized spacial score (nSPS) is 9.78. The van der Waals surface area contributed by atoms with Crippen molar-refractivity contribution in [3.8, 4) is 23.3 Å². The largest absolute Gasteiger partial charge is 0.506 e. The molecule has 0 aromatic heterocycles. The quantitative estimate of drug-likeness (QED) is 0.641. The number of para-hydroxylation sites is 1. The highest BCUT2D eigenvalue weighted by Gasteiger charge is 2.07. The summed E-state index contributed by atoms with van der Waals surface area (Å²) in [6, 6.07) is 11.3. The topological polar surface area (TPSA) is 79.3 Å². The molecule has 0 radical (unpaired) electrons. The third-order valence-electron chi connectivity index (χ3n) is 2.33. The second-order valence-electron chi connectivity index (χ2n) is 3.54. The zero-order valence-electron chi connectivity index (χ0n) is 9.22. The van der Waals surface area contributed by atoms with E-state index in [1.54, 1.807) is 24.3 Å². The van der Waals surface area contributed by atoms with E-state index in [2.05, 4.69) is 0 Å². The van der Waals surface area contributed by atoms with Crippen molar-refractivity contribution < 1.29 is 9.84 Å². The number of anilines is 1. The van der Waals surface area contributed by atoms with Gasteiger partial charge in [-0.05, 0) is 24.3 Å². The summed E-state index contributed by atoms with van der Waals surface area (Å²) in [4.78, 5) is 0. The van der Waals surface area contributed by atoms with Crippen molar-refractivity contribution in [2.75, 3.05) is 5.73 Å². The number of benzene rings is 2. The third-order valence-corrected chi connectivity index (χ3v) is 2.64. The minimum absolute atomic E-state index is 0.0489. The SMILES string of the molecule is N#Cc1ccc(Oc2cccc(O)c2N)cc1Cl. The number of aromatic hydroxyl groups is 1. The van der Waals surface area contributed by atoms with Crippen LogP contribution in [0.4, 0.5) is 5.69 Å². The van der Waals surface area contributed by atoms with Gasteiger partial charge in [0.1, 0.15) is 23.3 Å². The third kappa shape index (κ3) is 2.31. The van der Waals surface area contributed by atoms with E-state index in [4.69, 9.17) is 27.3 Å². The van der Waals surface area contributed by atoms with Crippen LogP contribution >= 0.6 is 11.6 Å². The summed E-state index contributed by atoms with van der Waals surface area (Å²) in [5, 5.41) is 18.5. The van der Waals surface area contributed by atoms with Crippen molar-refractivity contribution >= 4 is 17.3 Å². The van der Waals surface area contributed by atoms with Crippen LogP contribution in [0.15, 0.2) is 36.4 Å². The molecule has 5 heteroatoms. The number of hydrogen-bond donors (Lipinski definition) is 2. The summed E-state index contributed by atoms with van der Waals surface area (Å²) < 4.78 is 5.49. The number of nitrogens with zero attached hydrogens (tertiary/aromatic N) is 1. The number of rotatable bonds is 2. The van der Waals surface area contributed by atoms with E-state index in [-0.39, 0.29) is 11.4 Å². The fraction of sp³-hybridized carbons (Fsp3) is 0. The Morgan fingerprint density at radius 3 is 2.72 bits per heavy atom. The van der Waals surface area contributed by atoms with Gasteiger partial charge in [-0.25, -0.2) is 0 Å². The van der Waals surface area contributed by atoms with Crippen molar-refractivity contribution in [2.24, 2.45) is 0 Å². The molecule has 0 spiro atoms. The second-order valence-corrected chi connectivity index (χ2v) is 3.95. The molecule has 4 nitrogen and oxygen atoms in total. The molecule has 0 heterocycles. The first-order valence-corrected chi connectivity index (χ1v) is 5.44. The van der Waals surface area contributed by atoms with Gasteiger partial charge in [-0.3, -0.25) is 0 Å². The molecule has 3 N–H and O–H groups in total. The van der Waals surface area contributed by atoms with Crippen LogP contribution in [-0.2, 0) is 0 Å². The monoisotopic (exact) mass is 260 g/mol. The van der Waals surface area contributed by atoms with E-state index in [0.717, 1.165) is 0 Å². The van der Waals surface area contributed by atoms with E-state index in [1.165, 1.54) is 12.1 Å². The molecule has 0 aliphatic rings. The van der Waals surface area contributed by atoms with Crippen LogP contribution in [-0.4, -0.2) is 5.11 Å². The number of phenolic OH excluding ortho intramolecular Hbond substituents is 1. The molecular weight excluding hydrogens is 252 g/mol. The summed E-state index contributed by atoms with van der Waals surface area (Å²) in [6.07, 6.45) is 0. The summed E-state index contributed by atoms with van der Waals surface area (Å²) in [7, 11) is 0. The highest BCUT2D eigenvalue weighted by Crippen LogP contribution is 2.34. The van der Waals surface area contributed by atoms with E-state index in [0.29, 0.717) is 22.1 Å². The van der Waals surface area contributed by atoms with Crippen LogP contribution in [0.5, 0.6) is 17.2 Å². The predicted octanol–water partition coefficient (Wildman–Crippen LogP) is 3.29. The first-order chi connectivity index (χ1) is 8.61. The van der Waals surface area contributed by atoms with Crippen LogP contribution < -0.4 is 10.5 Å². The summed E-state index contributed by atoms with van der Waals surface area (Å²) >= 11 is 5.88. The zero-order valence-corrected chi connectivity index (χ0v) is 9.98. The Morgan fingerprint density at radius 1 is 1.28 bits per heavy atom. The van der Waals surface area contributed by atoms with Crippen molar-refractivity contribution in [1.29, 1.82) is 5.26 Å². The molecule has 2 rings (SSSR count). The van der Waals surface area contributed by atoms with E-state index >= 15 is 0 Å². The van der Waals surface area contributed by atoms with Gasteiger partial charge in [-0.2, -0.15) is 5.26 Å². The molecule has 18 heavy (non-hydrogen) atoms. The average Bonchev–Trinajstić information content (AvgIpc) is 2.35. The lowest BCUT2D eigenvalue weighted by molar-refractivity contribution is 0.460. The fourth-order valence-electron chi connectivity index (χ4n) is 1.40. The fourth-order valence-corrected chi connectivity index (χ4v) is 1.61. The average molecular weight is 261 g/mol. The molecule has 0 aliphatic heterocycles. The maximum atomic E-state index is 9.44. The smallest absolute Gasteiger partial charge is 0.154 e. The Bertz CT molecular complexity index is 635. The van der Waals surface area contributed by atoms with Gasteiger partial charge >= 0.3 is 0 Å². The number of hydrogen-bond acceptors (Lipinski definition) is 4. The Balaban J connectivity index is 2.32. The van der Waals surface area contributed by atoms with Gasteiger partial charge in [0.2, 0.25) is 0 Å². The molecule has 2 aromatic carbocycles. The Morgan fingerprint density at radius 2 is 2.06 bits per heavy atom. The van der Waals surface area contributed by atoms with E-state index in [1.807, 2.05) is 6.07 Å². The second kappa shape index (κ2) is 4.86. The van der Waals surface area contributed by atoms with Gasteiger partial charge in [0, 0.05) is 6.07 Å². The molecule has 2 aromatic rings. The van der Waals surface area contributed by atoms with Crippen molar-refractivity contribution in [2.45, 2.75) is 0 Å². The molecule has 0 atom stereocenters. The lowest BCUT2D eigenvalue weighted by atomic mass is 10.2. The summed E-state index contributed by atoms with van der Waals surface area (Å²) in [6.45, 7) is 0. The van der Waals surface area contributed by atoms with Crippen molar-refractivity contribution in [3.63, 3.8) is 0 Å². The van der Waals surface area contributed by atoms with Gasteiger partial charge in [0.05, 0.1) is 10.6 Å². The minimum Gasteiger partial charge on any atom is -0.506 e. The molecule has 0 unspecified atom stereocenters. The van der Waals surface area contributed by atoms with Gasteiger partial charge < -0.3 is 15.6 Å². The van der Waals surface area contributed by atoms with Crippen molar-refractivity contribution in [3.05, 3.63) is 47.0 Å².